The van der Waals surface area contributed by atoms with E-state index in [9.17, 15) is 5.11 Å². The fraction of sp³-hybridized carbons (Fsp3) is 0.692. The maximum absolute atomic E-state index is 9.85. The molecule has 2 rings (SSSR count). The van der Waals surface area contributed by atoms with Crippen LogP contribution in [0.1, 0.15) is 13.8 Å². The summed E-state index contributed by atoms with van der Waals surface area (Å²) >= 11 is 3.35. The molecule has 1 N–H and O–H groups in total. The van der Waals surface area contributed by atoms with Gasteiger partial charge in [-0.05, 0) is 29.8 Å². The van der Waals surface area contributed by atoms with E-state index in [0.717, 1.165) is 30.7 Å². The van der Waals surface area contributed by atoms with Crippen molar-refractivity contribution in [1.82, 2.24) is 14.9 Å². The van der Waals surface area contributed by atoms with Gasteiger partial charge in [0, 0.05) is 32.7 Å². The second kappa shape index (κ2) is 6.24. The largest absolute Gasteiger partial charge is 0.480 e. The van der Waals surface area contributed by atoms with Crippen LogP contribution in [0, 0.1) is 0 Å². The first-order valence-electron chi connectivity index (χ1n) is 6.65. The third kappa shape index (κ3) is 4.04. The summed E-state index contributed by atoms with van der Waals surface area (Å²) in [5.74, 6) is 1.24. The number of aliphatic hydroxyl groups is 1. The Balaban J connectivity index is 1.97. The topological polar surface area (TPSA) is 61.7 Å². The zero-order valence-electron chi connectivity index (χ0n) is 12.1. The van der Waals surface area contributed by atoms with Crippen molar-refractivity contribution in [2.24, 2.45) is 0 Å². The smallest absolute Gasteiger partial charge is 0.232 e. The van der Waals surface area contributed by atoms with Gasteiger partial charge in [-0.2, -0.15) is 4.98 Å². The van der Waals surface area contributed by atoms with E-state index in [1.54, 1.807) is 13.3 Å². The highest BCUT2D eigenvalue weighted by Gasteiger charge is 2.24. The van der Waals surface area contributed by atoms with E-state index in [1.807, 2.05) is 13.8 Å². The maximum atomic E-state index is 9.85. The summed E-state index contributed by atoms with van der Waals surface area (Å²) in [7, 11) is 1.60. The van der Waals surface area contributed by atoms with E-state index >= 15 is 0 Å². The van der Waals surface area contributed by atoms with Gasteiger partial charge in [0.15, 0.2) is 0 Å². The summed E-state index contributed by atoms with van der Waals surface area (Å²) in [5.41, 5.74) is -0.653. The van der Waals surface area contributed by atoms with Gasteiger partial charge in [-0.15, -0.1) is 0 Å². The molecule has 0 atom stereocenters. The normalized spacial score (nSPS) is 17.4. The highest BCUT2D eigenvalue weighted by Crippen LogP contribution is 2.24. The molecule has 0 radical (unpaired) electrons. The molecule has 1 aliphatic heterocycles. The van der Waals surface area contributed by atoms with Crippen molar-refractivity contribution < 1.29 is 9.84 Å². The van der Waals surface area contributed by atoms with Crippen LogP contribution in [0.25, 0.3) is 0 Å². The zero-order chi connectivity index (χ0) is 14.8. The average molecular weight is 345 g/mol. The molecule has 20 heavy (non-hydrogen) atoms. The van der Waals surface area contributed by atoms with Crippen molar-refractivity contribution >= 4 is 21.9 Å². The van der Waals surface area contributed by atoms with Crippen molar-refractivity contribution in [3.63, 3.8) is 0 Å². The Morgan fingerprint density at radius 3 is 2.55 bits per heavy atom. The predicted molar refractivity (Wildman–Crippen MR) is 81.2 cm³/mol. The molecule has 1 aromatic rings. The Labute approximate surface area is 127 Å². The summed E-state index contributed by atoms with van der Waals surface area (Å²) in [4.78, 5) is 13.1. The van der Waals surface area contributed by atoms with Crippen LogP contribution >= 0.6 is 15.9 Å². The highest BCUT2D eigenvalue weighted by atomic mass is 79.9. The van der Waals surface area contributed by atoms with Crippen molar-refractivity contribution in [3.8, 4) is 5.88 Å². The van der Waals surface area contributed by atoms with Gasteiger partial charge in [0.05, 0.1) is 23.4 Å². The molecule has 1 fully saturated rings. The van der Waals surface area contributed by atoms with E-state index in [0.29, 0.717) is 18.4 Å². The highest BCUT2D eigenvalue weighted by molar-refractivity contribution is 9.10. The summed E-state index contributed by atoms with van der Waals surface area (Å²) in [6.45, 7) is 7.84. The third-order valence-corrected chi connectivity index (χ3v) is 3.70. The van der Waals surface area contributed by atoms with Crippen molar-refractivity contribution in [3.05, 3.63) is 10.7 Å². The number of ether oxygens (including phenoxy) is 1. The molecular formula is C13H21BrN4O2. The average Bonchev–Trinajstić information content (AvgIpc) is 2.38. The number of anilines is 1. The number of methoxy groups -OCH3 is 1. The molecule has 6 nitrogen and oxygen atoms in total. The summed E-state index contributed by atoms with van der Waals surface area (Å²) < 4.78 is 5.95. The molecule has 0 bridgehead atoms. The number of hydrogen-bond acceptors (Lipinski definition) is 6. The number of rotatable bonds is 4. The second-order valence-electron chi connectivity index (χ2n) is 5.60. The summed E-state index contributed by atoms with van der Waals surface area (Å²) in [5, 5.41) is 9.85. The summed E-state index contributed by atoms with van der Waals surface area (Å²) in [6.07, 6.45) is 1.71. The monoisotopic (exact) mass is 344 g/mol. The molecule has 0 saturated carbocycles. The van der Waals surface area contributed by atoms with Crippen LogP contribution in [0.15, 0.2) is 10.7 Å². The van der Waals surface area contributed by atoms with E-state index < -0.39 is 5.60 Å². The number of nitrogens with zero attached hydrogens (tertiary/aromatic N) is 4. The Bertz CT molecular complexity index is 456. The minimum atomic E-state index is -0.653. The molecule has 1 aliphatic rings. The standard InChI is InChI=1S/C13H21BrN4O2/c1-13(2,19)9-17-4-6-18(7-5-17)12-15-8-10(14)11(16-12)20-3/h8,19H,4-7,9H2,1-3H3. The second-order valence-corrected chi connectivity index (χ2v) is 6.46. The van der Waals surface area contributed by atoms with E-state index in [-0.39, 0.29) is 0 Å². The molecule has 0 aliphatic carbocycles. The van der Waals surface area contributed by atoms with Crippen LogP contribution in [-0.2, 0) is 0 Å². The third-order valence-electron chi connectivity index (χ3n) is 3.16. The zero-order valence-corrected chi connectivity index (χ0v) is 13.7. The first kappa shape index (κ1) is 15.5. The molecule has 0 unspecified atom stereocenters. The van der Waals surface area contributed by atoms with Gasteiger partial charge in [0.2, 0.25) is 11.8 Å². The maximum Gasteiger partial charge on any atom is 0.232 e. The Hall–Kier alpha value is -0.920. The lowest BCUT2D eigenvalue weighted by molar-refractivity contribution is 0.0344. The van der Waals surface area contributed by atoms with Crippen molar-refractivity contribution in [1.29, 1.82) is 0 Å². The number of hydrogen-bond donors (Lipinski definition) is 1. The minimum Gasteiger partial charge on any atom is -0.480 e. The Kier molecular flexibility index (Phi) is 4.82. The van der Waals surface area contributed by atoms with Crippen LogP contribution in [0.2, 0.25) is 0 Å². The van der Waals surface area contributed by atoms with Crippen LogP contribution in [0.5, 0.6) is 5.88 Å². The lowest BCUT2D eigenvalue weighted by Crippen LogP contribution is -2.50. The van der Waals surface area contributed by atoms with Crippen LogP contribution in [-0.4, -0.2) is 65.4 Å². The van der Waals surface area contributed by atoms with Gasteiger partial charge >= 0.3 is 0 Å². The van der Waals surface area contributed by atoms with E-state index in [4.69, 9.17) is 4.74 Å². The van der Waals surface area contributed by atoms with Crippen LogP contribution in [0.3, 0.4) is 0 Å². The number of β-amino-alcohol motifs (C(OH)–C–C–N with tert-alkyl or cyclic N) is 1. The SMILES string of the molecule is COc1nc(N2CCN(CC(C)(C)O)CC2)ncc1Br. The van der Waals surface area contributed by atoms with E-state index in [2.05, 4.69) is 35.7 Å². The van der Waals surface area contributed by atoms with E-state index in [1.165, 1.54) is 0 Å². The predicted octanol–water partition coefficient (Wildman–Crippen LogP) is 1.14. The quantitative estimate of drug-likeness (QED) is 0.883. The number of piperazine rings is 1. The molecular weight excluding hydrogens is 324 g/mol. The molecule has 0 amide bonds. The van der Waals surface area contributed by atoms with Gasteiger partial charge in [-0.25, -0.2) is 4.98 Å². The van der Waals surface area contributed by atoms with Gasteiger partial charge in [0.1, 0.15) is 0 Å². The molecule has 1 saturated heterocycles. The fourth-order valence-electron chi connectivity index (χ4n) is 2.29. The molecule has 112 valence electrons. The lowest BCUT2D eigenvalue weighted by atomic mass is 10.1. The number of halogens is 1. The van der Waals surface area contributed by atoms with Crippen LogP contribution < -0.4 is 9.64 Å². The van der Waals surface area contributed by atoms with Crippen LogP contribution in [0.4, 0.5) is 5.95 Å². The van der Waals surface area contributed by atoms with Gasteiger partial charge in [0.25, 0.3) is 0 Å². The van der Waals surface area contributed by atoms with Gasteiger partial charge < -0.3 is 14.7 Å². The molecule has 7 heteroatoms. The number of aromatic nitrogens is 2. The minimum absolute atomic E-state index is 0.550. The first-order valence-corrected chi connectivity index (χ1v) is 7.44. The Morgan fingerprint density at radius 2 is 2.00 bits per heavy atom. The summed E-state index contributed by atoms with van der Waals surface area (Å²) in [6, 6.07) is 0. The molecule has 0 spiro atoms. The first-order chi connectivity index (χ1) is 9.39. The van der Waals surface area contributed by atoms with Crippen molar-refractivity contribution in [2.45, 2.75) is 19.4 Å². The molecule has 0 aromatic carbocycles. The van der Waals surface area contributed by atoms with Gasteiger partial charge in [-0.1, -0.05) is 0 Å². The van der Waals surface area contributed by atoms with Gasteiger partial charge in [-0.3, -0.25) is 4.90 Å². The molecule has 1 aromatic heterocycles. The molecule has 2 heterocycles. The Morgan fingerprint density at radius 1 is 1.35 bits per heavy atom. The van der Waals surface area contributed by atoms with Crippen molar-refractivity contribution in [2.75, 3.05) is 44.7 Å². The fourth-order valence-corrected chi connectivity index (χ4v) is 2.64. The lowest BCUT2D eigenvalue weighted by Gasteiger charge is -2.37.